The van der Waals surface area contributed by atoms with Crippen LogP contribution in [0.15, 0.2) is 89.1 Å². The van der Waals surface area contributed by atoms with E-state index in [1.807, 2.05) is 0 Å². The number of carbonyl (C=O) groups is 1. The van der Waals surface area contributed by atoms with Gasteiger partial charge in [0.2, 0.25) is 15.9 Å². The van der Waals surface area contributed by atoms with Gasteiger partial charge in [0, 0.05) is 22.4 Å². The van der Waals surface area contributed by atoms with Gasteiger partial charge in [-0.1, -0.05) is 36.4 Å². The Hall–Kier alpha value is -4.68. The number of imidazole rings is 1. The fourth-order valence-electron chi connectivity index (χ4n) is 3.99. The van der Waals surface area contributed by atoms with Crippen LogP contribution in [0.4, 0.5) is 4.39 Å². The van der Waals surface area contributed by atoms with Crippen molar-refractivity contribution < 1.29 is 17.6 Å². The van der Waals surface area contributed by atoms with E-state index in [9.17, 15) is 18.0 Å². The summed E-state index contributed by atoms with van der Waals surface area (Å²) in [6.45, 7) is 0. The summed E-state index contributed by atoms with van der Waals surface area (Å²) in [4.78, 5) is 33.4. The number of rotatable bonds is 5. The van der Waals surface area contributed by atoms with E-state index in [1.54, 1.807) is 18.2 Å². The maximum atomic E-state index is 15.3. The van der Waals surface area contributed by atoms with Crippen molar-refractivity contribution in [3.8, 4) is 22.5 Å². The number of hydrogen-bond acceptors (Lipinski definition) is 6. The molecule has 180 valence electrons. The zero-order valence-electron chi connectivity index (χ0n) is 18.4. The smallest absolute Gasteiger partial charge is 0.284 e. The van der Waals surface area contributed by atoms with Crippen LogP contribution in [0, 0.1) is 5.82 Å². The van der Waals surface area contributed by atoms with Gasteiger partial charge in [0.1, 0.15) is 18.5 Å². The average molecular weight is 505 g/mol. The first-order valence-electron chi connectivity index (χ1n) is 10.4. The van der Waals surface area contributed by atoms with Gasteiger partial charge in [-0.25, -0.2) is 27.9 Å². The number of benzene rings is 3. The van der Waals surface area contributed by atoms with Crippen LogP contribution in [-0.2, 0) is 10.0 Å². The van der Waals surface area contributed by atoms with E-state index in [0.29, 0.717) is 5.69 Å². The number of nitrogens with two attached hydrogens (primary N) is 2. The lowest BCUT2D eigenvalue weighted by molar-refractivity contribution is 0.1000. The molecule has 0 bridgehead atoms. The Balaban J connectivity index is 1.80. The summed E-state index contributed by atoms with van der Waals surface area (Å²) < 4.78 is 42.1. The molecule has 2 aromatic heterocycles. The van der Waals surface area contributed by atoms with E-state index in [0.717, 1.165) is 17.0 Å². The van der Waals surface area contributed by atoms with Gasteiger partial charge in [0.15, 0.2) is 11.2 Å². The molecule has 0 aliphatic heterocycles. The molecule has 36 heavy (non-hydrogen) atoms. The first kappa shape index (κ1) is 23.1. The molecule has 5 aromatic rings. The van der Waals surface area contributed by atoms with E-state index in [4.69, 9.17) is 10.9 Å². The standard InChI is InChI=1S/C24H17FN6O4S/c25-18-9-4-8-17(16-7-1-2-10-19(16)36(27,34)35)20(18)31-13-29-23-21(24(31)33)30(12-28-23)15-6-3-5-14(11-15)22(26)32/h1-13H,(H2,26,32)(H2,27,34,35). The topological polar surface area (TPSA) is 156 Å². The molecule has 2 heterocycles. The Morgan fingerprint density at radius 2 is 1.56 bits per heavy atom. The summed E-state index contributed by atoms with van der Waals surface area (Å²) in [5.74, 6) is -1.44. The maximum Gasteiger partial charge on any atom is 0.284 e. The maximum absolute atomic E-state index is 15.3. The minimum absolute atomic E-state index is 0.00746. The Morgan fingerprint density at radius 3 is 2.28 bits per heavy atom. The second-order valence-electron chi connectivity index (χ2n) is 7.80. The van der Waals surface area contributed by atoms with E-state index < -0.39 is 27.3 Å². The summed E-state index contributed by atoms with van der Waals surface area (Å²) >= 11 is 0. The molecule has 3 aromatic carbocycles. The van der Waals surface area contributed by atoms with E-state index in [1.165, 1.54) is 53.4 Å². The monoisotopic (exact) mass is 504 g/mol. The lowest BCUT2D eigenvalue weighted by atomic mass is 10.0. The van der Waals surface area contributed by atoms with Crippen molar-refractivity contribution in [3.63, 3.8) is 0 Å². The number of aromatic nitrogens is 4. The second-order valence-corrected chi connectivity index (χ2v) is 9.33. The van der Waals surface area contributed by atoms with Crippen LogP contribution in [0.1, 0.15) is 10.4 Å². The number of hydrogen-bond donors (Lipinski definition) is 2. The van der Waals surface area contributed by atoms with Gasteiger partial charge in [-0.2, -0.15) is 0 Å². The zero-order chi connectivity index (χ0) is 25.6. The van der Waals surface area contributed by atoms with Gasteiger partial charge in [0.25, 0.3) is 5.56 Å². The Morgan fingerprint density at radius 1 is 0.889 bits per heavy atom. The summed E-state index contributed by atoms with van der Waals surface area (Å²) in [5.41, 5.74) is 5.44. The molecule has 0 radical (unpaired) electrons. The van der Waals surface area contributed by atoms with Crippen LogP contribution in [-0.4, -0.2) is 33.4 Å². The van der Waals surface area contributed by atoms with Crippen molar-refractivity contribution in [2.75, 3.05) is 0 Å². The molecular weight excluding hydrogens is 487 g/mol. The zero-order valence-corrected chi connectivity index (χ0v) is 19.2. The number of fused-ring (bicyclic) bond motifs is 1. The van der Waals surface area contributed by atoms with Crippen LogP contribution in [0.25, 0.3) is 33.7 Å². The number of halogens is 1. The van der Waals surface area contributed by atoms with Crippen LogP contribution in [0.3, 0.4) is 0 Å². The number of amides is 1. The third kappa shape index (κ3) is 3.83. The molecule has 4 N–H and O–H groups in total. The normalized spacial score (nSPS) is 11.6. The largest absolute Gasteiger partial charge is 0.366 e. The number of primary sulfonamides is 1. The molecule has 0 atom stereocenters. The number of carbonyl (C=O) groups excluding carboxylic acids is 1. The number of sulfonamides is 1. The molecule has 0 unspecified atom stereocenters. The highest BCUT2D eigenvalue weighted by Gasteiger charge is 2.22. The Labute approximate surface area is 203 Å². The predicted molar refractivity (Wildman–Crippen MR) is 130 cm³/mol. The molecule has 0 spiro atoms. The van der Waals surface area contributed by atoms with Crippen LogP contribution < -0.4 is 16.4 Å². The minimum atomic E-state index is -4.16. The van der Waals surface area contributed by atoms with Crippen LogP contribution in [0.2, 0.25) is 0 Å². The van der Waals surface area contributed by atoms with Crippen molar-refractivity contribution >= 4 is 27.1 Å². The third-order valence-corrected chi connectivity index (χ3v) is 6.55. The molecular formula is C24H17FN6O4S. The molecule has 1 amide bonds. The lowest BCUT2D eigenvalue weighted by Gasteiger charge is -2.15. The van der Waals surface area contributed by atoms with Crippen molar-refractivity contribution in [2.45, 2.75) is 4.90 Å². The Kier molecular flexibility index (Phi) is 5.46. The van der Waals surface area contributed by atoms with Gasteiger partial charge < -0.3 is 5.73 Å². The molecule has 0 saturated heterocycles. The molecule has 0 aliphatic rings. The van der Waals surface area contributed by atoms with Gasteiger partial charge in [-0.15, -0.1) is 0 Å². The van der Waals surface area contributed by atoms with E-state index in [2.05, 4.69) is 9.97 Å². The SMILES string of the molecule is NC(=O)c1cccc(-n2cnc3ncn(-c4c(F)cccc4-c4ccccc4S(N)(=O)=O)c(=O)c32)c1. The molecule has 12 heteroatoms. The van der Waals surface area contributed by atoms with Crippen molar-refractivity contribution in [3.05, 3.63) is 101 Å². The average Bonchev–Trinajstić information content (AvgIpc) is 3.29. The van der Waals surface area contributed by atoms with Crippen LogP contribution >= 0.6 is 0 Å². The quantitative estimate of drug-likeness (QED) is 0.373. The van der Waals surface area contributed by atoms with Crippen molar-refractivity contribution in [1.82, 2.24) is 19.1 Å². The molecule has 0 saturated carbocycles. The predicted octanol–water partition coefficient (Wildman–Crippen LogP) is 2.12. The summed E-state index contributed by atoms with van der Waals surface area (Å²) in [5, 5.41) is 5.38. The minimum Gasteiger partial charge on any atom is -0.366 e. The van der Waals surface area contributed by atoms with E-state index >= 15 is 4.39 Å². The summed E-state index contributed by atoms with van der Waals surface area (Å²) in [7, 11) is -4.16. The highest BCUT2D eigenvalue weighted by molar-refractivity contribution is 7.89. The number of primary amides is 1. The van der Waals surface area contributed by atoms with Crippen molar-refractivity contribution in [1.29, 1.82) is 0 Å². The summed E-state index contributed by atoms with van der Waals surface area (Å²) in [6.07, 6.45) is 2.46. The molecule has 0 aliphatic carbocycles. The summed E-state index contributed by atoms with van der Waals surface area (Å²) in [6, 6.07) is 16.1. The lowest BCUT2D eigenvalue weighted by Crippen LogP contribution is -2.22. The van der Waals surface area contributed by atoms with Gasteiger partial charge in [0.05, 0.1) is 10.6 Å². The fourth-order valence-corrected chi connectivity index (χ4v) is 4.74. The highest BCUT2D eigenvalue weighted by Crippen LogP contribution is 2.32. The fraction of sp³-hybridized carbons (Fsp3) is 0. The highest BCUT2D eigenvalue weighted by atomic mass is 32.2. The molecule has 10 nitrogen and oxygen atoms in total. The van der Waals surface area contributed by atoms with Gasteiger partial charge in [-0.3, -0.25) is 18.7 Å². The van der Waals surface area contributed by atoms with E-state index in [-0.39, 0.29) is 38.4 Å². The molecule has 0 fully saturated rings. The number of para-hydroxylation sites is 1. The third-order valence-electron chi connectivity index (χ3n) is 5.59. The Bertz CT molecular complexity index is 1850. The van der Waals surface area contributed by atoms with Gasteiger partial charge >= 0.3 is 0 Å². The van der Waals surface area contributed by atoms with Gasteiger partial charge in [-0.05, 0) is 30.3 Å². The van der Waals surface area contributed by atoms with Crippen molar-refractivity contribution in [2.24, 2.45) is 10.9 Å². The second kappa shape index (κ2) is 8.52. The van der Waals surface area contributed by atoms with Crippen LogP contribution in [0.5, 0.6) is 0 Å². The first-order chi connectivity index (χ1) is 17.2. The molecule has 5 rings (SSSR count). The number of nitrogens with zero attached hydrogens (tertiary/aromatic N) is 4. The first-order valence-corrected chi connectivity index (χ1v) is 12.0.